The molecule has 0 aromatic heterocycles. The topological polar surface area (TPSA) is 52.1 Å². The first-order valence-corrected chi connectivity index (χ1v) is 11.3. The Morgan fingerprint density at radius 3 is 2.60 bits per heavy atom. The van der Waals surface area contributed by atoms with Crippen LogP contribution in [0.25, 0.3) is 0 Å². The molecule has 2 aliphatic rings. The maximum Gasteiger partial charge on any atom is 0.191 e. The molecule has 1 aromatic rings. The number of aliphatic imine (C=N–C) groups is 1. The number of hydrogen-bond acceptors (Lipinski definition) is 4. The summed E-state index contributed by atoms with van der Waals surface area (Å²) in [4.78, 5) is 9.96. The van der Waals surface area contributed by atoms with Crippen LogP contribution in [-0.4, -0.2) is 79.8 Å². The number of rotatable bonds is 7. The largest absolute Gasteiger partial charge is 0.379 e. The Balaban J connectivity index is 0.00000320. The van der Waals surface area contributed by atoms with E-state index in [-0.39, 0.29) is 24.0 Å². The van der Waals surface area contributed by atoms with Crippen molar-refractivity contribution in [2.75, 3.05) is 45.9 Å². The van der Waals surface area contributed by atoms with Crippen molar-refractivity contribution in [1.29, 1.82) is 0 Å². The van der Waals surface area contributed by atoms with Crippen LogP contribution in [0.4, 0.5) is 0 Å². The van der Waals surface area contributed by atoms with Crippen molar-refractivity contribution < 1.29 is 4.74 Å². The number of guanidine groups is 1. The van der Waals surface area contributed by atoms with Gasteiger partial charge in [0, 0.05) is 50.8 Å². The molecule has 0 spiro atoms. The van der Waals surface area contributed by atoms with Gasteiger partial charge in [0.1, 0.15) is 0 Å². The van der Waals surface area contributed by atoms with Gasteiger partial charge in [0.05, 0.1) is 19.8 Å². The number of piperidine rings is 1. The minimum Gasteiger partial charge on any atom is -0.379 e. The molecule has 3 atom stereocenters. The predicted octanol–water partition coefficient (Wildman–Crippen LogP) is 2.93. The molecule has 0 bridgehead atoms. The molecule has 0 aliphatic carbocycles. The van der Waals surface area contributed by atoms with E-state index < -0.39 is 0 Å². The van der Waals surface area contributed by atoms with E-state index in [1.807, 2.05) is 0 Å². The molecular formula is C23H40IN5O. The van der Waals surface area contributed by atoms with Crippen molar-refractivity contribution in [2.24, 2.45) is 4.99 Å². The van der Waals surface area contributed by atoms with Crippen molar-refractivity contribution in [1.82, 2.24) is 20.4 Å². The first kappa shape index (κ1) is 25.4. The SMILES string of the molecule is CCNC(=NCC(C)N1CCOCC1)NC1CCN(Cc2ccccc2)C(C)C1.I. The van der Waals surface area contributed by atoms with Crippen LogP contribution in [-0.2, 0) is 11.3 Å². The second-order valence-corrected chi connectivity index (χ2v) is 8.39. The highest BCUT2D eigenvalue weighted by Crippen LogP contribution is 2.20. The van der Waals surface area contributed by atoms with Crippen molar-refractivity contribution in [3.63, 3.8) is 0 Å². The number of halogens is 1. The highest BCUT2D eigenvalue weighted by Gasteiger charge is 2.26. The van der Waals surface area contributed by atoms with Crippen LogP contribution in [0.2, 0.25) is 0 Å². The van der Waals surface area contributed by atoms with Crippen LogP contribution < -0.4 is 10.6 Å². The normalized spacial score (nSPS) is 24.7. The molecule has 2 fully saturated rings. The summed E-state index contributed by atoms with van der Waals surface area (Å²) in [5, 5.41) is 7.14. The van der Waals surface area contributed by atoms with Crippen molar-refractivity contribution in [2.45, 2.75) is 58.3 Å². The zero-order valence-corrected chi connectivity index (χ0v) is 21.2. The number of benzene rings is 1. The number of nitrogens with one attached hydrogen (secondary N) is 2. The molecule has 3 rings (SSSR count). The zero-order valence-electron chi connectivity index (χ0n) is 18.8. The van der Waals surface area contributed by atoms with Gasteiger partial charge in [-0.1, -0.05) is 30.3 Å². The second kappa shape index (κ2) is 13.5. The molecule has 0 radical (unpaired) electrons. The lowest BCUT2D eigenvalue weighted by molar-refractivity contribution is 0.0220. The van der Waals surface area contributed by atoms with Gasteiger partial charge in [-0.2, -0.15) is 0 Å². The fraction of sp³-hybridized carbons (Fsp3) is 0.696. The number of ether oxygens (including phenoxy) is 1. The number of morpholine rings is 1. The average Bonchev–Trinajstić information content (AvgIpc) is 2.75. The van der Waals surface area contributed by atoms with Gasteiger partial charge in [-0.25, -0.2) is 0 Å². The van der Waals surface area contributed by atoms with Crippen LogP contribution in [0.1, 0.15) is 39.2 Å². The first-order valence-electron chi connectivity index (χ1n) is 11.3. The molecule has 2 N–H and O–H groups in total. The molecule has 30 heavy (non-hydrogen) atoms. The molecule has 0 saturated carbocycles. The maximum absolute atomic E-state index is 5.46. The van der Waals surface area contributed by atoms with E-state index in [1.54, 1.807) is 0 Å². The highest BCUT2D eigenvalue weighted by atomic mass is 127. The standard InChI is InChI=1S/C23H39N5O.HI/c1-4-24-23(25-17-20(3)27-12-14-29-15-13-27)26-22-10-11-28(19(2)16-22)18-21-8-6-5-7-9-21;/h5-9,19-20,22H,4,10-18H2,1-3H3,(H2,24,25,26);1H. The number of nitrogens with zero attached hydrogens (tertiary/aromatic N) is 3. The van der Waals surface area contributed by atoms with Crippen LogP contribution in [0.5, 0.6) is 0 Å². The lowest BCUT2D eigenvalue weighted by atomic mass is 9.97. The smallest absolute Gasteiger partial charge is 0.191 e. The monoisotopic (exact) mass is 529 g/mol. The Morgan fingerprint density at radius 2 is 1.93 bits per heavy atom. The molecule has 7 heteroatoms. The van der Waals surface area contributed by atoms with E-state index in [1.165, 1.54) is 5.56 Å². The summed E-state index contributed by atoms with van der Waals surface area (Å²) in [6.45, 7) is 14.3. The van der Waals surface area contributed by atoms with Crippen molar-refractivity contribution in [3.05, 3.63) is 35.9 Å². The predicted molar refractivity (Wildman–Crippen MR) is 136 cm³/mol. The lowest BCUT2D eigenvalue weighted by Gasteiger charge is -2.38. The molecular weight excluding hydrogens is 489 g/mol. The number of likely N-dealkylation sites (tertiary alicyclic amines) is 1. The first-order chi connectivity index (χ1) is 14.2. The highest BCUT2D eigenvalue weighted by molar-refractivity contribution is 14.0. The van der Waals surface area contributed by atoms with Crippen LogP contribution in [0, 0.1) is 0 Å². The van der Waals surface area contributed by atoms with Gasteiger partial charge in [0.15, 0.2) is 5.96 Å². The fourth-order valence-corrected chi connectivity index (χ4v) is 4.28. The summed E-state index contributed by atoms with van der Waals surface area (Å²) in [5.41, 5.74) is 1.40. The molecule has 2 aliphatic heterocycles. The fourth-order valence-electron chi connectivity index (χ4n) is 4.28. The molecule has 6 nitrogen and oxygen atoms in total. The summed E-state index contributed by atoms with van der Waals surface area (Å²) < 4.78 is 5.46. The summed E-state index contributed by atoms with van der Waals surface area (Å²) in [5.74, 6) is 0.960. The molecule has 3 unspecified atom stereocenters. The molecule has 170 valence electrons. The quantitative estimate of drug-likeness (QED) is 0.323. The third-order valence-corrected chi connectivity index (χ3v) is 6.11. The van der Waals surface area contributed by atoms with Gasteiger partial charge >= 0.3 is 0 Å². The maximum atomic E-state index is 5.46. The van der Waals surface area contributed by atoms with Gasteiger partial charge in [-0.15, -0.1) is 24.0 Å². The van der Waals surface area contributed by atoms with Gasteiger partial charge in [-0.05, 0) is 39.2 Å². The minimum atomic E-state index is 0. The molecule has 2 heterocycles. The number of hydrogen-bond donors (Lipinski definition) is 2. The Morgan fingerprint density at radius 1 is 1.20 bits per heavy atom. The average molecular weight is 530 g/mol. The van der Waals surface area contributed by atoms with Crippen LogP contribution >= 0.6 is 24.0 Å². The van der Waals surface area contributed by atoms with E-state index in [2.05, 4.69) is 71.5 Å². The van der Waals surface area contributed by atoms with Gasteiger partial charge in [0.2, 0.25) is 0 Å². The Labute approximate surface area is 199 Å². The third kappa shape index (κ3) is 7.98. The van der Waals surface area contributed by atoms with Gasteiger partial charge in [0.25, 0.3) is 0 Å². The minimum absolute atomic E-state index is 0. The zero-order chi connectivity index (χ0) is 20.5. The Bertz CT molecular complexity index is 623. The van der Waals surface area contributed by atoms with Crippen molar-refractivity contribution >= 4 is 29.9 Å². The van der Waals surface area contributed by atoms with Gasteiger partial charge in [-0.3, -0.25) is 14.8 Å². The Hall–Kier alpha value is -0.900. The van der Waals surface area contributed by atoms with Crippen molar-refractivity contribution in [3.8, 4) is 0 Å². The second-order valence-electron chi connectivity index (χ2n) is 8.39. The van der Waals surface area contributed by atoms with E-state index >= 15 is 0 Å². The molecule has 1 aromatic carbocycles. The van der Waals surface area contributed by atoms with E-state index in [0.29, 0.717) is 18.1 Å². The van der Waals surface area contributed by atoms with Crippen LogP contribution in [0.3, 0.4) is 0 Å². The summed E-state index contributed by atoms with van der Waals surface area (Å²) in [6.07, 6.45) is 2.30. The van der Waals surface area contributed by atoms with E-state index in [4.69, 9.17) is 9.73 Å². The van der Waals surface area contributed by atoms with E-state index in [0.717, 1.165) is 71.3 Å². The summed E-state index contributed by atoms with van der Waals surface area (Å²) in [7, 11) is 0. The lowest BCUT2D eigenvalue weighted by Crippen LogP contribution is -2.51. The summed E-state index contributed by atoms with van der Waals surface area (Å²) >= 11 is 0. The van der Waals surface area contributed by atoms with Gasteiger partial charge < -0.3 is 15.4 Å². The van der Waals surface area contributed by atoms with Crippen LogP contribution in [0.15, 0.2) is 35.3 Å². The summed E-state index contributed by atoms with van der Waals surface area (Å²) in [6, 6.07) is 12.3. The van der Waals surface area contributed by atoms with E-state index in [9.17, 15) is 0 Å². The third-order valence-electron chi connectivity index (χ3n) is 6.11. The molecule has 0 amide bonds. The Kier molecular flexibility index (Phi) is 11.4. The molecule has 2 saturated heterocycles.